The molecule has 0 bridgehead atoms. The fraction of sp³-hybridized carbons (Fsp3) is 0.438. The van der Waals surface area contributed by atoms with Crippen molar-refractivity contribution in [3.05, 3.63) is 34.5 Å². The summed E-state index contributed by atoms with van der Waals surface area (Å²) in [6, 6.07) is 7.88. The molecule has 1 heterocycles. The molecule has 1 saturated carbocycles. The first kappa shape index (κ1) is 13.7. The van der Waals surface area contributed by atoms with Gasteiger partial charge in [-0.1, -0.05) is 31.9 Å². The van der Waals surface area contributed by atoms with E-state index in [0.717, 1.165) is 21.9 Å². The average molecular weight is 336 g/mol. The summed E-state index contributed by atoms with van der Waals surface area (Å²) in [5.74, 6) is 0.834. The minimum Gasteiger partial charge on any atom is -0.450 e. The zero-order valence-corrected chi connectivity index (χ0v) is 13.1. The van der Waals surface area contributed by atoms with Gasteiger partial charge >= 0.3 is 0 Å². The third kappa shape index (κ3) is 2.62. The first-order valence-electron chi connectivity index (χ1n) is 7.14. The summed E-state index contributed by atoms with van der Waals surface area (Å²) in [5.41, 5.74) is 0.731. The number of halogens is 1. The summed E-state index contributed by atoms with van der Waals surface area (Å²) in [6.45, 7) is 2.21. The first-order valence-corrected chi connectivity index (χ1v) is 7.93. The molecule has 20 heavy (non-hydrogen) atoms. The highest BCUT2D eigenvalue weighted by Gasteiger charge is 2.24. The zero-order valence-electron chi connectivity index (χ0n) is 11.5. The zero-order chi connectivity index (χ0) is 14.1. The van der Waals surface area contributed by atoms with Gasteiger partial charge in [0.2, 0.25) is 0 Å². The van der Waals surface area contributed by atoms with Gasteiger partial charge in [0.15, 0.2) is 5.76 Å². The van der Waals surface area contributed by atoms with Gasteiger partial charge in [0.25, 0.3) is 5.91 Å². The number of rotatable bonds is 2. The van der Waals surface area contributed by atoms with Gasteiger partial charge in [0.1, 0.15) is 5.58 Å². The summed E-state index contributed by atoms with van der Waals surface area (Å²) in [4.78, 5) is 12.3. The lowest BCUT2D eigenvalue weighted by molar-refractivity contribution is 0.0884. The van der Waals surface area contributed by atoms with E-state index >= 15 is 0 Å². The molecule has 0 saturated heterocycles. The topological polar surface area (TPSA) is 42.2 Å². The van der Waals surface area contributed by atoms with E-state index in [2.05, 4.69) is 28.2 Å². The van der Waals surface area contributed by atoms with E-state index in [1.165, 1.54) is 19.3 Å². The molecular weight excluding hydrogens is 318 g/mol. The number of furan rings is 1. The quantitative estimate of drug-likeness (QED) is 0.877. The van der Waals surface area contributed by atoms with Crippen LogP contribution < -0.4 is 5.32 Å². The molecule has 1 aromatic carbocycles. The molecule has 0 spiro atoms. The summed E-state index contributed by atoms with van der Waals surface area (Å²) >= 11 is 3.44. The van der Waals surface area contributed by atoms with Gasteiger partial charge in [-0.05, 0) is 46.8 Å². The number of hydrogen-bond donors (Lipinski definition) is 1. The molecule has 1 aromatic heterocycles. The molecule has 2 aromatic rings. The lowest BCUT2D eigenvalue weighted by Crippen LogP contribution is -2.40. The number of benzene rings is 1. The second kappa shape index (κ2) is 5.60. The maximum atomic E-state index is 12.3. The maximum absolute atomic E-state index is 12.3. The maximum Gasteiger partial charge on any atom is 0.287 e. The van der Waals surface area contributed by atoms with Crippen molar-refractivity contribution in [2.45, 2.75) is 38.6 Å². The van der Waals surface area contributed by atoms with Crippen molar-refractivity contribution < 1.29 is 9.21 Å². The largest absolute Gasteiger partial charge is 0.450 e. The van der Waals surface area contributed by atoms with Crippen LogP contribution in [0.5, 0.6) is 0 Å². The van der Waals surface area contributed by atoms with E-state index in [1.807, 2.05) is 24.3 Å². The lowest BCUT2D eigenvalue weighted by atomic mass is 9.86. The first-order chi connectivity index (χ1) is 9.65. The van der Waals surface area contributed by atoms with Crippen molar-refractivity contribution in [1.29, 1.82) is 0 Å². The third-order valence-corrected chi connectivity index (χ3v) is 4.77. The molecular formula is C16H18BrNO2. The van der Waals surface area contributed by atoms with Crippen LogP contribution in [0.1, 0.15) is 43.2 Å². The van der Waals surface area contributed by atoms with E-state index < -0.39 is 0 Å². The molecule has 1 aliphatic rings. The molecule has 2 atom stereocenters. The summed E-state index contributed by atoms with van der Waals surface area (Å²) in [6.07, 6.45) is 4.72. The molecule has 1 N–H and O–H groups in total. The smallest absolute Gasteiger partial charge is 0.287 e. The SMILES string of the molecule is CC1CCCCC1NC(=O)c1cc2cccc(Br)c2o1. The van der Waals surface area contributed by atoms with E-state index in [4.69, 9.17) is 4.42 Å². The third-order valence-electron chi connectivity index (χ3n) is 4.15. The lowest BCUT2D eigenvalue weighted by Gasteiger charge is -2.29. The van der Waals surface area contributed by atoms with Gasteiger partial charge in [-0.3, -0.25) is 4.79 Å². The Bertz CT molecular complexity index is 634. The van der Waals surface area contributed by atoms with Gasteiger partial charge in [0.05, 0.1) is 4.47 Å². The fourth-order valence-corrected chi connectivity index (χ4v) is 3.37. The second-order valence-corrected chi connectivity index (χ2v) is 6.46. The van der Waals surface area contributed by atoms with E-state index in [9.17, 15) is 4.79 Å². The minimum absolute atomic E-state index is 0.105. The van der Waals surface area contributed by atoms with Gasteiger partial charge < -0.3 is 9.73 Å². The van der Waals surface area contributed by atoms with Gasteiger partial charge in [0, 0.05) is 11.4 Å². The van der Waals surface area contributed by atoms with Crippen molar-refractivity contribution in [3.8, 4) is 0 Å². The molecule has 106 valence electrons. The van der Waals surface area contributed by atoms with Gasteiger partial charge in [-0.2, -0.15) is 0 Å². The Morgan fingerprint density at radius 3 is 2.90 bits per heavy atom. The van der Waals surface area contributed by atoms with Crippen molar-refractivity contribution in [2.24, 2.45) is 5.92 Å². The predicted octanol–water partition coefficient (Wildman–Crippen LogP) is 4.50. The standard InChI is InChI=1S/C16H18BrNO2/c1-10-5-2-3-8-13(10)18-16(19)14-9-11-6-4-7-12(17)15(11)20-14/h4,6-7,9-10,13H,2-3,5,8H2,1H3,(H,18,19). The van der Waals surface area contributed by atoms with Crippen molar-refractivity contribution >= 4 is 32.8 Å². The normalized spacial score (nSPS) is 22.9. The van der Waals surface area contributed by atoms with Crippen LogP contribution in [-0.4, -0.2) is 11.9 Å². The number of nitrogens with one attached hydrogen (secondary N) is 1. The Labute approximate surface area is 126 Å². The predicted molar refractivity (Wildman–Crippen MR) is 82.8 cm³/mol. The number of hydrogen-bond acceptors (Lipinski definition) is 2. The highest BCUT2D eigenvalue weighted by atomic mass is 79.9. The Kier molecular flexibility index (Phi) is 3.83. The molecule has 1 fully saturated rings. The highest BCUT2D eigenvalue weighted by Crippen LogP contribution is 2.28. The molecule has 1 amide bonds. The van der Waals surface area contributed by atoms with Crippen LogP contribution in [0.25, 0.3) is 11.0 Å². The van der Waals surface area contributed by atoms with Gasteiger partial charge in [-0.15, -0.1) is 0 Å². The van der Waals surface area contributed by atoms with E-state index in [0.29, 0.717) is 11.7 Å². The summed E-state index contributed by atoms with van der Waals surface area (Å²) in [5, 5.41) is 4.06. The Morgan fingerprint density at radius 2 is 2.15 bits per heavy atom. The Hall–Kier alpha value is -1.29. The molecule has 0 radical (unpaired) electrons. The molecule has 0 aliphatic heterocycles. The monoisotopic (exact) mass is 335 g/mol. The number of para-hydroxylation sites is 1. The Balaban J connectivity index is 1.80. The van der Waals surface area contributed by atoms with Crippen molar-refractivity contribution in [2.75, 3.05) is 0 Å². The number of fused-ring (bicyclic) bond motifs is 1. The molecule has 2 unspecified atom stereocenters. The van der Waals surface area contributed by atoms with Crippen LogP contribution in [-0.2, 0) is 0 Å². The minimum atomic E-state index is -0.105. The molecule has 3 nitrogen and oxygen atoms in total. The van der Waals surface area contributed by atoms with Crippen LogP contribution in [0, 0.1) is 5.92 Å². The van der Waals surface area contributed by atoms with Crippen LogP contribution in [0.15, 0.2) is 33.2 Å². The number of carbonyl (C=O) groups is 1. The van der Waals surface area contributed by atoms with Crippen molar-refractivity contribution in [3.63, 3.8) is 0 Å². The second-order valence-electron chi connectivity index (χ2n) is 5.61. The van der Waals surface area contributed by atoms with Crippen LogP contribution in [0.3, 0.4) is 0 Å². The Morgan fingerprint density at radius 1 is 1.35 bits per heavy atom. The van der Waals surface area contributed by atoms with E-state index in [1.54, 1.807) is 0 Å². The summed E-state index contributed by atoms with van der Waals surface area (Å²) < 4.78 is 6.55. The molecule has 3 rings (SSSR count). The van der Waals surface area contributed by atoms with E-state index in [-0.39, 0.29) is 11.9 Å². The van der Waals surface area contributed by atoms with Crippen LogP contribution in [0.2, 0.25) is 0 Å². The number of carbonyl (C=O) groups excluding carboxylic acids is 1. The van der Waals surface area contributed by atoms with Crippen molar-refractivity contribution in [1.82, 2.24) is 5.32 Å². The van der Waals surface area contributed by atoms with Crippen LogP contribution in [0.4, 0.5) is 0 Å². The summed E-state index contributed by atoms with van der Waals surface area (Å²) in [7, 11) is 0. The highest BCUT2D eigenvalue weighted by molar-refractivity contribution is 9.10. The van der Waals surface area contributed by atoms with Gasteiger partial charge in [-0.25, -0.2) is 0 Å². The molecule has 1 aliphatic carbocycles. The average Bonchev–Trinajstić information content (AvgIpc) is 2.87. The fourth-order valence-electron chi connectivity index (χ4n) is 2.91. The van der Waals surface area contributed by atoms with Crippen LogP contribution >= 0.6 is 15.9 Å². The number of amides is 1. The molecule has 4 heteroatoms.